The van der Waals surface area contributed by atoms with Crippen LogP contribution < -0.4 is 9.46 Å². The number of ether oxygens (including phenoxy) is 1. The van der Waals surface area contributed by atoms with E-state index in [9.17, 15) is 13.2 Å². The zero-order valence-electron chi connectivity index (χ0n) is 17.8. The minimum Gasteiger partial charge on any atom is -0.496 e. The Morgan fingerprint density at radius 1 is 1.10 bits per heavy atom. The van der Waals surface area contributed by atoms with E-state index >= 15 is 0 Å². The molecule has 0 radical (unpaired) electrons. The number of rotatable bonds is 7. The Balaban J connectivity index is 1.89. The Morgan fingerprint density at radius 2 is 1.77 bits per heavy atom. The lowest BCUT2D eigenvalue weighted by Gasteiger charge is -2.27. The molecule has 2 aromatic carbocycles. The maximum atomic E-state index is 13.1. The van der Waals surface area contributed by atoms with Crippen LogP contribution in [0.1, 0.15) is 60.1 Å². The Labute approximate surface area is 179 Å². The van der Waals surface area contributed by atoms with Crippen LogP contribution in [-0.2, 0) is 10.0 Å². The SMILES string of the molecule is CCC(NS(=O)(=O)c1ccc(OC)c(C(=O)N2CCCCC2)c1)c1ccc(C)cc1. The molecule has 3 rings (SSSR count). The van der Waals surface area contributed by atoms with Crippen molar-refractivity contribution in [1.82, 2.24) is 9.62 Å². The van der Waals surface area contributed by atoms with Gasteiger partial charge in [0, 0.05) is 19.1 Å². The molecule has 7 heteroatoms. The molecule has 0 spiro atoms. The minimum atomic E-state index is -3.82. The van der Waals surface area contributed by atoms with Crippen LogP contribution in [0, 0.1) is 6.92 Å². The van der Waals surface area contributed by atoms with Crippen molar-refractivity contribution in [2.45, 2.75) is 50.5 Å². The second-order valence-corrected chi connectivity index (χ2v) is 9.42. The smallest absolute Gasteiger partial charge is 0.257 e. The number of amides is 1. The topological polar surface area (TPSA) is 75.7 Å². The number of carbonyl (C=O) groups is 1. The monoisotopic (exact) mass is 430 g/mol. The molecule has 1 unspecified atom stereocenters. The Morgan fingerprint density at radius 3 is 2.37 bits per heavy atom. The minimum absolute atomic E-state index is 0.0641. The molecule has 162 valence electrons. The quantitative estimate of drug-likeness (QED) is 0.719. The highest BCUT2D eigenvalue weighted by molar-refractivity contribution is 7.89. The van der Waals surface area contributed by atoms with E-state index in [1.165, 1.54) is 19.2 Å². The van der Waals surface area contributed by atoms with E-state index in [4.69, 9.17) is 4.74 Å². The molecule has 1 amide bonds. The summed E-state index contributed by atoms with van der Waals surface area (Å²) in [7, 11) is -2.33. The molecule has 1 atom stereocenters. The second-order valence-electron chi connectivity index (χ2n) is 7.71. The third-order valence-electron chi connectivity index (χ3n) is 5.54. The van der Waals surface area contributed by atoms with Crippen molar-refractivity contribution in [2.75, 3.05) is 20.2 Å². The van der Waals surface area contributed by atoms with Crippen LogP contribution in [0.3, 0.4) is 0 Å². The largest absolute Gasteiger partial charge is 0.496 e. The Bertz CT molecular complexity index is 981. The van der Waals surface area contributed by atoms with E-state index in [-0.39, 0.29) is 22.4 Å². The number of aryl methyl sites for hydroxylation is 1. The van der Waals surface area contributed by atoms with E-state index in [2.05, 4.69) is 4.72 Å². The van der Waals surface area contributed by atoms with Gasteiger partial charge in [0.1, 0.15) is 5.75 Å². The molecule has 1 aliphatic heterocycles. The molecular formula is C23H30N2O4S. The van der Waals surface area contributed by atoms with Crippen molar-refractivity contribution in [1.29, 1.82) is 0 Å². The van der Waals surface area contributed by atoms with Crippen LogP contribution in [0.15, 0.2) is 47.4 Å². The van der Waals surface area contributed by atoms with Crippen LogP contribution in [0.2, 0.25) is 0 Å². The molecule has 30 heavy (non-hydrogen) atoms. The van der Waals surface area contributed by atoms with Crippen molar-refractivity contribution < 1.29 is 17.9 Å². The number of sulfonamides is 1. The normalized spacial score (nSPS) is 15.6. The second kappa shape index (κ2) is 9.62. The van der Waals surface area contributed by atoms with Gasteiger partial charge in [0.15, 0.2) is 0 Å². The first-order chi connectivity index (χ1) is 14.4. The molecule has 0 aliphatic carbocycles. The van der Waals surface area contributed by atoms with Crippen molar-refractivity contribution in [2.24, 2.45) is 0 Å². The zero-order valence-corrected chi connectivity index (χ0v) is 18.7. The summed E-state index contributed by atoms with van der Waals surface area (Å²) >= 11 is 0. The van der Waals surface area contributed by atoms with Gasteiger partial charge in [-0.05, 0) is 56.4 Å². The summed E-state index contributed by atoms with van der Waals surface area (Å²) in [5.41, 5.74) is 2.31. The number of carbonyl (C=O) groups excluding carboxylic acids is 1. The fourth-order valence-electron chi connectivity index (χ4n) is 3.73. The third-order valence-corrected chi connectivity index (χ3v) is 7.01. The molecule has 1 fully saturated rings. The zero-order chi connectivity index (χ0) is 21.7. The van der Waals surface area contributed by atoms with E-state index < -0.39 is 10.0 Å². The number of methoxy groups -OCH3 is 1. The predicted octanol–water partition coefficient (Wildman–Crippen LogP) is 4.06. The molecule has 1 heterocycles. The first-order valence-corrected chi connectivity index (χ1v) is 11.9. The summed E-state index contributed by atoms with van der Waals surface area (Å²) in [6, 6.07) is 11.9. The predicted molar refractivity (Wildman–Crippen MR) is 117 cm³/mol. The fraction of sp³-hybridized carbons (Fsp3) is 0.435. The van der Waals surface area contributed by atoms with Gasteiger partial charge in [-0.3, -0.25) is 4.79 Å². The van der Waals surface area contributed by atoms with Gasteiger partial charge in [-0.15, -0.1) is 0 Å². The summed E-state index contributed by atoms with van der Waals surface area (Å²) in [6.45, 7) is 5.30. The number of nitrogens with zero attached hydrogens (tertiary/aromatic N) is 1. The average molecular weight is 431 g/mol. The molecule has 1 N–H and O–H groups in total. The van der Waals surface area contributed by atoms with E-state index in [1.54, 1.807) is 11.0 Å². The van der Waals surface area contributed by atoms with Gasteiger partial charge in [-0.1, -0.05) is 36.8 Å². The molecule has 0 aromatic heterocycles. The van der Waals surface area contributed by atoms with E-state index in [1.807, 2.05) is 38.1 Å². The van der Waals surface area contributed by atoms with Crippen LogP contribution in [0.4, 0.5) is 0 Å². The maximum Gasteiger partial charge on any atom is 0.257 e. The lowest BCUT2D eigenvalue weighted by Crippen LogP contribution is -2.36. The molecule has 0 bridgehead atoms. The highest BCUT2D eigenvalue weighted by Gasteiger charge is 2.26. The van der Waals surface area contributed by atoms with Gasteiger partial charge in [-0.2, -0.15) is 0 Å². The molecule has 6 nitrogen and oxygen atoms in total. The third kappa shape index (κ3) is 5.02. The Kier molecular flexibility index (Phi) is 7.15. The first-order valence-electron chi connectivity index (χ1n) is 10.4. The van der Waals surface area contributed by atoms with Gasteiger partial charge in [0.2, 0.25) is 10.0 Å². The lowest BCUT2D eigenvalue weighted by atomic mass is 10.0. The number of nitrogens with one attached hydrogen (secondary N) is 1. The van der Waals surface area contributed by atoms with E-state index in [0.717, 1.165) is 30.4 Å². The van der Waals surface area contributed by atoms with Crippen LogP contribution in [-0.4, -0.2) is 39.4 Å². The van der Waals surface area contributed by atoms with Crippen LogP contribution >= 0.6 is 0 Å². The summed E-state index contributed by atoms with van der Waals surface area (Å²) < 4.78 is 34.4. The van der Waals surface area contributed by atoms with Gasteiger partial charge < -0.3 is 9.64 Å². The molecule has 2 aromatic rings. The fourth-order valence-corrected chi connectivity index (χ4v) is 5.06. The highest BCUT2D eigenvalue weighted by Crippen LogP contribution is 2.27. The number of hydrogen-bond donors (Lipinski definition) is 1. The summed E-state index contributed by atoms with van der Waals surface area (Å²) in [5.74, 6) is 0.198. The first kappa shape index (κ1) is 22.3. The van der Waals surface area contributed by atoms with Crippen LogP contribution in [0.25, 0.3) is 0 Å². The molecular weight excluding hydrogens is 400 g/mol. The van der Waals surface area contributed by atoms with Gasteiger partial charge in [-0.25, -0.2) is 13.1 Å². The number of likely N-dealkylation sites (tertiary alicyclic amines) is 1. The molecule has 1 aliphatic rings. The van der Waals surface area contributed by atoms with Crippen molar-refractivity contribution >= 4 is 15.9 Å². The summed E-state index contributed by atoms with van der Waals surface area (Å²) in [4.78, 5) is 14.9. The standard InChI is InChI=1S/C23H30N2O4S/c1-4-21(18-10-8-17(2)9-11-18)24-30(27,28)19-12-13-22(29-3)20(16-19)23(26)25-14-6-5-7-15-25/h8-13,16,21,24H,4-7,14-15H2,1-3H3. The maximum absolute atomic E-state index is 13.1. The average Bonchev–Trinajstić information content (AvgIpc) is 2.77. The number of hydrogen-bond acceptors (Lipinski definition) is 4. The van der Waals surface area contributed by atoms with Crippen molar-refractivity contribution in [3.63, 3.8) is 0 Å². The van der Waals surface area contributed by atoms with Crippen LogP contribution in [0.5, 0.6) is 5.75 Å². The van der Waals surface area contributed by atoms with Gasteiger partial charge in [0.25, 0.3) is 5.91 Å². The van der Waals surface area contributed by atoms with Crippen molar-refractivity contribution in [3.8, 4) is 5.75 Å². The lowest BCUT2D eigenvalue weighted by molar-refractivity contribution is 0.0720. The summed E-state index contributed by atoms with van der Waals surface area (Å²) in [6.07, 6.45) is 3.64. The van der Waals surface area contributed by atoms with Gasteiger partial charge >= 0.3 is 0 Å². The molecule has 0 saturated carbocycles. The number of piperidine rings is 1. The molecule has 1 saturated heterocycles. The summed E-state index contributed by atoms with van der Waals surface area (Å²) in [5, 5.41) is 0. The number of benzene rings is 2. The Hall–Kier alpha value is -2.38. The highest BCUT2D eigenvalue weighted by atomic mass is 32.2. The van der Waals surface area contributed by atoms with Crippen molar-refractivity contribution in [3.05, 3.63) is 59.2 Å². The van der Waals surface area contributed by atoms with Gasteiger partial charge in [0.05, 0.1) is 17.6 Å². The van der Waals surface area contributed by atoms with E-state index in [0.29, 0.717) is 25.3 Å².